The van der Waals surface area contributed by atoms with E-state index in [0.717, 1.165) is 32.6 Å². The van der Waals surface area contributed by atoms with Crippen molar-refractivity contribution < 1.29 is 14.3 Å². The molecule has 2 rings (SSSR count). The van der Waals surface area contributed by atoms with Crippen molar-refractivity contribution in [2.75, 3.05) is 40.0 Å². The Labute approximate surface area is 128 Å². The molecule has 1 aliphatic heterocycles. The van der Waals surface area contributed by atoms with E-state index in [9.17, 15) is 4.79 Å². The van der Waals surface area contributed by atoms with E-state index < -0.39 is 5.54 Å². The van der Waals surface area contributed by atoms with Gasteiger partial charge in [-0.05, 0) is 52.5 Å². The molecule has 1 saturated heterocycles. The average molecular weight is 298 g/mol. The molecule has 0 aromatic heterocycles. The number of hydrogen-bond acceptors (Lipinski definition) is 5. The lowest BCUT2D eigenvalue weighted by Gasteiger charge is -2.35. The molecule has 0 aromatic rings. The maximum atomic E-state index is 12.3. The first kappa shape index (κ1) is 16.7. The molecule has 122 valence electrons. The highest BCUT2D eigenvalue weighted by atomic mass is 16.5. The Morgan fingerprint density at radius 2 is 2.00 bits per heavy atom. The quantitative estimate of drug-likeness (QED) is 0.687. The molecule has 1 aliphatic carbocycles. The van der Waals surface area contributed by atoms with Gasteiger partial charge in [-0.2, -0.15) is 0 Å². The number of nitrogens with one attached hydrogen (secondary N) is 1. The van der Waals surface area contributed by atoms with Gasteiger partial charge in [0.25, 0.3) is 0 Å². The molecule has 0 bridgehead atoms. The molecule has 5 nitrogen and oxygen atoms in total. The molecule has 21 heavy (non-hydrogen) atoms. The molecular weight excluding hydrogens is 268 g/mol. The van der Waals surface area contributed by atoms with E-state index in [1.165, 1.54) is 12.8 Å². The zero-order chi connectivity index (χ0) is 15.3. The van der Waals surface area contributed by atoms with Gasteiger partial charge in [-0.25, -0.2) is 0 Å². The third-order valence-corrected chi connectivity index (χ3v) is 4.32. The van der Waals surface area contributed by atoms with E-state index in [-0.39, 0.29) is 5.97 Å². The lowest BCUT2D eigenvalue weighted by atomic mass is 9.97. The monoisotopic (exact) mass is 298 g/mol. The number of carbonyl (C=O) groups excluding carboxylic acids is 1. The second kappa shape index (κ2) is 7.56. The number of esters is 1. The lowest BCUT2D eigenvalue weighted by Crippen LogP contribution is -2.58. The first-order valence-electron chi connectivity index (χ1n) is 8.24. The fourth-order valence-corrected chi connectivity index (χ4v) is 3.11. The van der Waals surface area contributed by atoms with Gasteiger partial charge in [-0.1, -0.05) is 0 Å². The van der Waals surface area contributed by atoms with Crippen molar-refractivity contribution in [3.05, 3.63) is 0 Å². The van der Waals surface area contributed by atoms with Crippen LogP contribution in [0.4, 0.5) is 0 Å². The Morgan fingerprint density at radius 1 is 1.33 bits per heavy atom. The van der Waals surface area contributed by atoms with E-state index in [1.807, 2.05) is 13.8 Å². The Kier molecular flexibility index (Phi) is 6.02. The number of nitrogens with zero attached hydrogens (tertiary/aromatic N) is 1. The minimum absolute atomic E-state index is 0.129. The van der Waals surface area contributed by atoms with Gasteiger partial charge in [-0.3, -0.25) is 10.1 Å². The fraction of sp³-hybridized carbons (Fsp3) is 0.938. The summed E-state index contributed by atoms with van der Waals surface area (Å²) in [7, 11) is 2.10. The van der Waals surface area contributed by atoms with Crippen molar-refractivity contribution in [2.24, 2.45) is 5.92 Å². The summed E-state index contributed by atoms with van der Waals surface area (Å²) in [6.07, 6.45) is 4.57. The summed E-state index contributed by atoms with van der Waals surface area (Å²) in [6.45, 7) is 7.72. The first-order chi connectivity index (χ1) is 10.0. The maximum absolute atomic E-state index is 12.3. The second-order valence-corrected chi connectivity index (χ2v) is 6.72. The maximum Gasteiger partial charge on any atom is 0.327 e. The molecule has 1 saturated carbocycles. The first-order valence-corrected chi connectivity index (χ1v) is 8.24. The number of likely N-dealkylation sites (N-methyl/N-ethyl adjacent to an activating group) is 1. The van der Waals surface area contributed by atoms with Crippen LogP contribution in [0.1, 0.15) is 39.5 Å². The van der Waals surface area contributed by atoms with Gasteiger partial charge < -0.3 is 14.4 Å². The molecule has 0 spiro atoms. The molecule has 0 radical (unpaired) electrons. The SMILES string of the molecule is CCOC(=O)C(C)(CN(C)CC1CCOCC1)NC1CC1. The summed E-state index contributed by atoms with van der Waals surface area (Å²) in [5.41, 5.74) is -0.600. The van der Waals surface area contributed by atoms with Gasteiger partial charge in [0.15, 0.2) is 0 Å². The highest BCUT2D eigenvalue weighted by Crippen LogP contribution is 2.24. The van der Waals surface area contributed by atoms with Gasteiger partial charge in [0.05, 0.1) is 6.61 Å². The Balaban J connectivity index is 1.88. The predicted molar refractivity (Wildman–Crippen MR) is 82.2 cm³/mol. The third-order valence-electron chi connectivity index (χ3n) is 4.32. The Hall–Kier alpha value is -0.650. The lowest BCUT2D eigenvalue weighted by molar-refractivity contribution is -0.151. The number of rotatable bonds is 8. The number of carbonyl (C=O) groups is 1. The van der Waals surface area contributed by atoms with Crippen LogP contribution in [0, 0.1) is 5.92 Å². The fourth-order valence-electron chi connectivity index (χ4n) is 3.11. The average Bonchev–Trinajstić information content (AvgIpc) is 3.23. The van der Waals surface area contributed by atoms with Crippen LogP contribution in [-0.4, -0.2) is 62.4 Å². The van der Waals surface area contributed by atoms with Gasteiger partial charge in [0.1, 0.15) is 5.54 Å². The van der Waals surface area contributed by atoms with Gasteiger partial charge in [0, 0.05) is 32.3 Å². The molecule has 1 unspecified atom stereocenters. The van der Waals surface area contributed by atoms with Crippen LogP contribution < -0.4 is 5.32 Å². The highest BCUT2D eigenvalue weighted by Gasteiger charge is 2.40. The number of ether oxygens (including phenoxy) is 2. The minimum atomic E-state index is -0.600. The molecule has 5 heteroatoms. The van der Waals surface area contributed by atoms with Crippen LogP contribution in [0.25, 0.3) is 0 Å². The topological polar surface area (TPSA) is 50.8 Å². The molecule has 0 amide bonds. The zero-order valence-corrected chi connectivity index (χ0v) is 13.7. The van der Waals surface area contributed by atoms with Crippen LogP contribution in [0.5, 0.6) is 0 Å². The van der Waals surface area contributed by atoms with Crippen molar-refractivity contribution in [2.45, 2.75) is 51.1 Å². The van der Waals surface area contributed by atoms with Gasteiger partial charge in [0.2, 0.25) is 0 Å². The number of hydrogen-bond donors (Lipinski definition) is 1. The third kappa shape index (κ3) is 5.24. The summed E-state index contributed by atoms with van der Waals surface area (Å²) < 4.78 is 10.7. The van der Waals surface area contributed by atoms with Crippen molar-refractivity contribution >= 4 is 5.97 Å². The van der Waals surface area contributed by atoms with Crippen LogP contribution in [0.2, 0.25) is 0 Å². The van der Waals surface area contributed by atoms with Crippen molar-refractivity contribution in [1.82, 2.24) is 10.2 Å². The Morgan fingerprint density at radius 3 is 2.57 bits per heavy atom. The van der Waals surface area contributed by atoms with Crippen LogP contribution in [0.15, 0.2) is 0 Å². The molecule has 1 atom stereocenters. The summed E-state index contributed by atoms with van der Waals surface area (Å²) in [5.74, 6) is 0.548. The van der Waals surface area contributed by atoms with E-state index in [4.69, 9.17) is 9.47 Å². The van der Waals surface area contributed by atoms with Crippen molar-refractivity contribution in [3.63, 3.8) is 0 Å². The van der Waals surface area contributed by atoms with Crippen LogP contribution >= 0.6 is 0 Å². The van der Waals surface area contributed by atoms with E-state index >= 15 is 0 Å². The Bertz CT molecular complexity index is 340. The summed E-state index contributed by atoms with van der Waals surface area (Å²) in [4.78, 5) is 14.6. The van der Waals surface area contributed by atoms with E-state index in [0.29, 0.717) is 25.1 Å². The van der Waals surface area contributed by atoms with E-state index in [1.54, 1.807) is 0 Å². The van der Waals surface area contributed by atoms with E-state index in [2.05, 4.69) is 17.3 Å². The summed E-state index contributed by atoms with van der Waals surface area (Å²) in [6, 6.07) is 0.482. The van der Waals surface area contributed by atoms with Crippen molar-refractivity contribution in [1.29, 1.82) is 0 Å². The summed E-state index contributed by atoms with van der Waals surface area (Å²) >= 11 is 0. The zero-order valence-electron chi connectivity index (χ0n) is 13.7. The van der Waals surface area contributed by atoms with Crippen LogP contribution in [-0.2, 0) is 14.3 Å². The van der Waals surface area contributed by atoms with Crippen LogP contribution in [0.3, 0.4) is 0 Å². The molecule has 2 aliphatic rings. The largest absolute Gasteiger partial charge is 0.465 e. The van der Waals surface area contributed by atoms with Crippen molar-refractivity contribution in [3.8, 4) is 0 Å². The molecule has 1 heterocycles. The smallest absolute Gasteiger partial charge is 0.327 e. The minimum Gasteiger partial charge on any atom is -0.465 e. The standard InChI is InChI=1S/C16H30N2O3/c1-4-21-15(19)16(2,17-14-5-6-14)12-18(3)11-13-7-9-20-10-8-13/h13-14,17H,4-12H2,1-3H3. The highest BCUT2D eigenvalue weighted by molar-refractivity contribution is 5.80. The van der Waals surface area contributed by atoms with Gasteiger partial charge in [-0.15, -0.1) is 0 Å². The normalized spacial score (nSPS) is 23.0. The molecular formula is C16H30N2O3. The molecule has 2 fully saturated rings. The summed E-state index contributed by atoms with van der Waals surface area (Å²) in [5, 5.41) is 3.48. The predicted octanol–water partition coefficient (Wildman–Crippen LogP) is 1.42. The van der Waals surface area contributed by atoms with Gasteiger partial charge >= 0.3 is 5.97 Å². The molecule has 0 aromatic carbocycles. The molecule has 1 N–H and O–H groups in total. The second-order valence-electron chi connectivity index (χ2n) is 6.72.